The van der Waals surface area contributed by atoms with Crippen LogP contribution in [0.3, 0.4) is 0 Å². The monoisotopic (exact) mass is 372 g/mol. The molecule has 3 nitrogen and oxygen atoms in total. The normalized spacial score (nSPS) is 19.3. The average molecular weight is 374 g/mol. The quantitative estimate of drug-likeness (QED) is 0.752. The van der Waals surface area contributed by atoms with Gasteiger partial charge in [0.2, 0.25) is 5.88 Å². The lowest BCUT2D eigenvalue weighted by atomic mass is 10.2. The zero-order valence-electron chi connectivity index (χ0n) is 11.6. The van der Waals surface area contributed by atoms with Crippen molar-refractivity contribution in [1.29, 1.82) is 0 Å². The minimum atomic E-state index is -0.524. The van der Waals surface area contributed by atoms with Crippen LogP contribution in [0, 0.1) is 5.82 Å². The van der Waals surface area contributed by atoms with Crippen LogP contribution in [0.1, 0.15) is 12.8 Å². The Kier molecular flexibility index (Phi) is 4.33. The van der Waals surface area contributed by atoms with Crippen LogP contribution in [0.15, 0.2) is 22.7 Å². The van der Waals surface area contributed by atoms with Gasteiger partial charge in [0.1, 0.15) is 12.1 Å². The number of pyridine rings is 1. The standard InChI is InChI=1S/C15H15BrClFN2O/c1-20-6-2-3-10(20)8-21-12-5-4-9-7-11(16)13(17)14(18)15(9)19-12/h4-5,7,10H,2-3,6,8H2,1H3/t10-/m0/s1. The molecule has 0 amide bonds. The summed E-state index contributed by atoms with van der Waals surface area (Å²) in [5.74, 6) is -0.0930. The van der Waals surface area contributed by atoms with Crippen molar-refractivity contribution in [2.24, 2.45) is 0 Å². The summed E-state index contributed by atoms with van der Waals surface area (Å²) in [6.07, 6.45) is 2.31. The second kappa shape index (κ2) is 6.07. The zero-order valence-corrected chi connectivity index (χ0v) is 13.9. The molecule has 1 saturated heterocycles. The van der Waals surface area contributed by atoms with E-state index in [1.54, 1.807) is 18.2 Å². The molecule has 0 N–H and O–H groups in total. The van der Waals surface area contributed by atoms with E-state index >= 15 is 0 Å². The molecule has 0 unspecified atom stereocenters. The Balaban J connectivity index is 1.83. The molecule has 112 valence electrons. The molecule has 2 heterocycles. The van der Waals surface area contributed by atoms with Gasteiger partial charge in [-0.3, -0.25) is 0 Å². The molecule has 3 rings (SSSR count). The molecule has 1 aromatic carbocycles. The summed E-state index contributed by atoms with van der Waals surface area (Å²) in [5, 5.41) is 0.733. The molecule has 0 radical (unpaired) electrons. The van der Waals surface area contributed by atoms with E-state index in [2.05, 4.69) is 32.9 Å². The fraction of sp³-hybridized carbons (Fsp3) is 0.400. The van der Waals surface area contributed by atoms with Gasteiger partial charge in [-0.1, -0.05) is 11.6 Å². The topological polar surface area (TPSA) is 25.4 Å². The van der Waals surface area contributed by atoms with E-state index in [0.717, 1.165) is 13.0 Å². The maximum Gasteiger partial charge on any atom is 0.213 e. The highest BCUT2D eigenvalue weighted by Gasteiger charge is 2.21. The second-order valence-electron chi connectivity index (χ2n) is 5.30. The van der Waals surface area contributed by atoms with Gasteiger partial charge in [-0.05, 0) is 54.5 Å². The lowest BCUT2D eigenvalue weighted by Crippen LogP contribution is -2.30. The highest BCUT2D eigenvalue weighted by molar-refractivity contribution is 9.10. The van der Waals surface area contributed by atoms with E-state index in [1.165, 1.54) is 6.42 Å². The lowest BCUT2D eigenvalue weighted by Gasteiger charge is -2.19. The van der Waals surface area contributed by atoms with Crippen molar-refractivity contribution in [3.05, 3.63) is 33.5 Å². The second-order valence-corrected chi connectivity index (χ2v) is 6.53. The van der Waals surface area contributed by atoms with Crippen LogP contribution in [0.5, 0.6) is 5.88 Å². The van der Waals surface area contributed by atoms with Crippen molar-refractivity contribution in [3.8, 4) is 5.88 Å². The fourth-order valence-corrected chi connectivity index (χ4v) is 3.17. The number of hydrogen-bond donors (Lipinski definition) is 0. The maximum absolute atomic E-state index is 14.2. The largest absolute Gasteiger partial charge is 0.476 e. The number of likely N-dealkylation sites (tertiary alicyclic amines) is 1. The number of aromatic nitrogens is 1. The highest BCUT2D eigenvalue weighted by Crippen LogP contribution is 2.32. The smallest absolute Gasteiger partial charge is 0.213 e. The molecule has 1 aliphatic rings. The minimum absolute atomic E-state index is 0.0441. The molecule has 1 atom stereocenters. The molecule has 0 aliphatic carbocycles. The molecule has 1 fully saturated rings. The predicted octanol–water partition coefficient (Wildman–Crippen LogP) is 4.26. The van der Waals surface area contributed by atoms with Crippen molar-refractivity contribution < 1.29 is 9.13 Å². The maximum atomic E-state index is 14.2. The number of fused-ring (bicyclic) bond motifs is 1. The Morgan fingerprint density at radius 3 is 3.05 bits per heavy atom. The van der Waals surface area contributed by atoms with Crippen LogP contribution < -0.4 is 4.74 Å². The van der Waals surface area contributed by atoms with Crippen LogP contribution >= 0.6 is 27.5 Å². The van der Waals surface area contributed by atoms with Gasteiger partial charge >= 0.3 is 0 Å². The number of ether oxygens (including phenoxy) is 1. The summed E-state index contributed by atoms with van der Waals surface area (Å²) in [5.41, 5.74) is 0.237. The van der Waals surface area contributed by atoms with E-state index in [4.69, 9.17) is 16.3 Å². The van der Waals surface area contributed by atoms with Gasteiger partial charge in [0.05, 0.1) is 5.02 Å². The van der Waals surface area contributed by atoms with E-state index in [1.807, 2.05) is 0 Å². The van der Waals surface area contributed by atoms with Crippen molar-refractivity contribution in [2.75, 3.05) is 20.2 Å². The van der Waals surface area contributed by atoms with E-state index in [0.29, 0.717) is 28.4 Å². The minimum Gasteiger partial charge on any atom is -0.476 e. The molecular weight excluding hydrogens is 359 g/mol. The number of benzene rings is 1. The molecule has 6 heteroatoms. The summed E-state index contributed by atoms with van der Waals surface area (Å²) >= 11 is 9.13. The number of nitrogens with zero attached hydrogens (tertiary/aromatic N) is 2. The van der Waals surface area contributed by atoms with Crippen molar-refractivity contribution >= 4 is 38.4 Å². The van der Waals surface area contributed by atoms with Crippen molar-refractivity contribution in [3.63, 3.8) is 0 Å². The predicted molar refractivity (Wildman–Crippen MR) is 85.6 cm³/mol. The van der Waals surface area contributed by atoms with Gasteiger partial charge in [0, 0.05) is 22.0 Å². The molecule has 0 spiro atoms. The van der Waals surface area contributed by atoms with Gasteiger partial charge in [-0.2, -0.15) is 0 Å². The molecular formula is C15H15BrClFN2O. The van der Waals surface area contributed by atoms with Crippen LogP contribution in [0.25, 0.3) is 10.9 Å². The first-order chi connectivity index (χ1) is 10.1. The highest BCUT2D eigenvalue weighted by atomic mass is 79.9. The third-order valence-corrected chi connectivity index (χ3v) is 5.11. The Morgan fingerprint density at radius 2 is 2.33 bits per heavy atom. The third kappa shape index (κ3) is 3.00. The summed E-state index contributed by atoms with van der Waals surface area (Å²) in [7, 11) is 2.09. The van der Waals surface area contributed by atoms with Gasteiger partial charge in [0.15, 0.2) is 5.82 Å². The molecule has 1 aromatic heterocycles. The molecule has 2 aromatic rings. The van der Waals surface area contributed by atoms with Crippen LogP contribution in [0.4, 0.5) is 4.39 Å². The van der Waals surface area contributed by atoms with Gasteiger partial charge in [-0.15, -0.1) is 0 Å². The van der Waals surface area contributed by atoms with Crippen LogP contribution in [-0.4, -0.2) is 36.1 Å². The van der Waals surface area contributed by atoms with Gasteiger partial charge in [0.25, 0.3) is 0 Å². The Labute approximate surface area is 136 Å². The third-order valence-electron chi connectivity index (χ3n) is 3.89. The number of likely N-dealkylation sites (N-methyl/N-ethyl adjacent to an activating group) is 1. The SMILES string of the molecule is CN1CCC[C@H]1COc1ccc2cc(Br)c(Cl)c(F)c2n1. The molecule has 21 heavy (non-hydrogen) atoms. The van der Waals surface area contributed by atoms with E-state index in [-0.39, 0.29) is 10.5 Å². The molecule has 1 aliphatic heterocycles. The Hall–Kier alpha value is -0.910. The summed E-state index contributed by atoms with van der Waals surface area (Å²) in [6, 6.07) is 5.71. The van der Waals surface area contributed by atoms with Crippen molar-refractivity contribution in [1.82, 2.24) is 9.88 Å². The number of halogens is 3. The van der Waals surface area contributed by atoms with Gasteiger partial charge < -0.3 is 9.64 Å². The first-order valence-corrected chi connectivity index (χ1v) is 8.00. The zero-order chi connectivity index (χ0) is 15.0. The van der Waals surface area contributed by atoms with Crippen molar-refractivity contribution in [2.45, 2.75) is 18.9 Å². The fourth-order valence-electron chi connectivity index (χ4n) is 2.60. The van der Waals surface area contributed by atoms with Crippen LogP contribution in [0.2, 0.25) is 5.02 Å². The summed E-state index contributed by atoms with van der Waals surface area (Å²) in [6.45, 7) is 1.67. The number of hydrogen-bond acceptors (Lipinski definition) is 3. The first-order valence-electron chi connectivity index (χ1n) is 6.83. The summed E-state index contributed by atoms with van der Waals surface area (Å²) < 4.78 is 20.4. The van der Waals surface area contributed by atoms with Crippen LogP contribution in [-0.2, 0) is 0 Å². The number of rotatable bonds is 3. The average Bonchev–Trinajstić information content (AvgIpc) is 2.88. The molecule has 0 saturated carbocycles. The summed E-state index contributed by atoms with van der Waals surface area (Å²) in [4.78, 5) is 6.52. The van der Waals surface area contributed by atoms with E-state index in [9.17, 15) is 4.39 Å². The Morgan fingerprint density at radius 1 is 1.52 bits per heavy atom. The Bertz CT molecular complexity index is 682. The lowest BCUT2D eigenvalue weighted by molar-refractivity contribution is 0.193. The van der Waals surface area contributed by atoms with E-state index < -0.39 is 5.82 Å². The van der Waals surface area contributed by atoms with Gasteiger partial charge in [-0.25, -0.2) is 9.37 Å². The molecule has 0 bridgehead atoms. The first kappa shape index (κ1) is 15.0.